The van der Waals surface area contributed by atoms with Gasteiger partial charge in [-0.3, -0.25) is 0 Å². The summed E-state index contributed by atoms with van der Waals surface area (Å²) < 4.78 is 6.41. The molecule has 0 saturated heterocycles. The molecule has 5 nitrogen and oxygen atoms in total. The number of aryl methyl sites for hydroxylation is 1. The van der Waals surface area contributed by atoms with Crippen LogP contribution in [0.3, 0.4) is 0 Å². The summed E-state index contributed by atoms with van der Waals surface area (Å²) >= 11 is 1.47. The molecule has 0 aliphatic rings. The molecule has 1 N–H and O–H groups in total. The van der Waals surface area contributed by atoms with Gasteiger partial charge in [-0.2, -0.15) is 0 Å². The highest BCUT2D eigenvalue weighted by atomic mass is 32.1. The van der Waals surface area contributed by atoms with Gasteiger partial charge in [0.2, 0.25) is 0 Å². The van der Waals surface area contributed by atoms with E-state index >= 15 is 0 Å². The van der Waals surface area contributed by atoms with Crippen LogP contribution in [0.4, 0.5) is 0 Å². The molecule has 0 aromatic carbocycles. The fraction of sp³-hybridized carbons (Fsp3) is 0.667. The van der Waals surface area contributed by atoms with Crippen molar-refractivity contribution in [3.8, 4) is 0 Å². The van der Waals surface area contributed by atoms with E-state index in [4.69, 9.17) is 0 Å². The average Bonchev–Trinajstić information content (AvgIpc) is 3.04. The Bertz CT molecular complexity index is 567. The SMILES string of the molecule is CCCn1ccnc1C(NCC)c1snnc1C(C)(C)C. The zero-order valence-electron chi connectivity index (χ0n) is 13.6. The van der Waals surface area contributed by atoms with Crippen LogP contribution < -0.4 is 5.32 Å². The van der Waals surface area contributed by atoms with Crippen LogP contribution >= 0.6 is 11.5 Å². The third-order valence-electron chi connectivity index (χ3n) is 3.36. The maximum absolute atomic E-state index is 4.58. The number of hydrogen-bond acceptors (Lipinski definition) is 5. The number of rotatable bonds is 6. The molecule has 0 aliphatic carbocycles. The molecule has 0 amide bonds. The van der Waals surface area contributed by atoms with E-state index in [1.165, 1.54) is 16.4 Å². The van der Waals surface area contributed by atoms with Crippen LogP contribution in [0, 0.1) is 0 Å². The number of hydrogen-bond donors (Lipinski definition) is 1. The topological polar surface area (TPSA) is 55.6 Å². The third kappa shape index (κ3) is 3.49. The van der Waals surface area contributed by atoms with Crippen molar-refractivity contribution < 1.29 is 0 Å². The smallest absolute Gasteiger partial charge is 0.131 e. The molecule has 116 valence electrons. The van der Waals surface area contributed by atoms with Crippen molar-refractivity contribution in [2.75, 3.05) is 6.54 Å². The van der Waals surface area contributed by atoms with E-state index in [0.29, 0.717) is 0 Å². The maximum Gasteiger partial charge on any atom is 0.131 e. The molecule has 0 fully saturated rings. The number of nitrogens with one attached hydrogen (secondary N) is 1. The van der Waals surface area contributed by atoms with Gasteiger partial charge in [0.15, 0.2) is 0 Å². The molecule has 1 unspecified atom stereocenters. The molecular weight excluding hydrogens is 282 g/mol. The van der Waals surface area contributed by atoms with Gasteiger partial charge in [0.25, 0.3) is 0 Å². The average molecular weight is 307 g/mol. The van der Waals surface area contributed by atoms with E-state index in [2.05, 4.69) is 59.1 Å². The molecule has 0 saturated carbocycles. The van der Waals surface area contributed by atoms with E-state index in [1.807, 2.05) is 12.4 Å². The highest BCUT2D eigenvalue weighted by molar-refractivity contribution is 7.05. The van der Waals surface area contributed by atoms with Gasteiger partial charge in [-0.1, -0.05) is 39.1 Å². The molecule has 0 bridgehead atoms. The van der Waals surface area contributed by atoms with Crippen molar-refractivity contribution in [2.24, 2.45) is 0 Å². The molecular formula is C15H25N5S. The van der Waals surface area contributed by atoms with Crippen molar-refractivity contribution in [3.05, 3.63) is 28.8 Å². The minimum atomic E-state index is -0.0157. The lowest BCUT2D eigenvalue weighted by molar-refractivity contribution is 0.518. The van der Waals surface area contributed by atoms with Gasteiger partial charge in [0.1, 0.15) is 11.9 Å². The van der Waals surface area contributed by atoms with Crippen molar-refractivity contribution in [2.45, 2.75) is 59.0 Å². The van der Waals surface area contributed by atoms with Gasteiger partial charge in [0.05, 0.1) is 10.6 Å². The summed E-state index contributed by atoms with van der Waals surface area (Å²) in [6.45, 7) is 12.7. The highest BCUT2D eigenvalue weighted by Gasteiger charge is 2.29. The maximum atomic E-state index is 4.58. The monoisotopic (exact) mass is 307 g/mol. The largest absolute Gasteiger partial charge is 0.333 e. The molecule has 2 rings (SSSR count). The van der Waals surface area contributed by atoms with Crippen molar-refractivity contribution >= 4 is 11.5 Å². The molecule has 2 heterocycles. The standard InChI is InChI=1S/C15H25N5S/c1-6-9-20-10-8-17-14(20)11(16-7-2)12-13(15(3,4)5)18-19-21-12/h8,10-11,16H,6-7,9H2,1-5H3. The van der Waals surface area contributed by atoms with Gasteiger partial charge in [-0.15, -0.1) is 5.10 Å². The van der Waals surface area contributed by atoms with Crippen LogP contribution in [-0.2, 0) is 12.0 Å². The Kier molecular flexibility index (Phi) is 5.11. The van der Waals surface area contributed by atoms with Crippen LogP contribution in [0.15, 0.2) is 12.4 Å². The lowest BCUT2D eigenvalue weighted by Crippen LogP contribution is -2.27. The van der Waals surface area contributed by atoms with Crippen molar-refractivity contribution in [1.29, 1.82) is 0 Å². The molecule has 2 aromatic rings. The first-order valence-electron chi connectivity index (χ1n) is 7.56. The van der Waals surface area contributed by atoms with Crippen LogP contribution in [0.2, 0.25) is 0 Å². The highest BCUT2D eigenvalue weighted by Crippen LogP contribution is 2.33. The normalized spacial score (nSPS) is 13.6. The molecule has 0 spiro atoms. The molecule has 0 aliphatic heterocycles. The van der Waals surface area contributed by atoms with Gasteiger partial charge in [-0.25, -0.2) is 4.98 Å². The van der Waals surface area contributed by atoms with Gasteiger partial charge >= 0.3 is 0 Å². The third-order valence-corrected chi connectivity index (χ3v) is 4.15. The summed E-state index contributed by atoms with van der Waals surface area (Å²) in [5.74, 6) is 1.05. The summed E-state index contributed by atoms with van der Waals surface area (Å²) in [6, 6.07) is 0.0609. The minimum absolute atomic E-state index is 0.0157. The quantitative estimate of drug-likeness (QED) is 0.891. The van der Waals surface area contributed by atoms with E-state index < -0.39 is 0 Å². The lowest BCUT2D eigenvalue weighted by Gasteiger charge is -2.22. The van der Waals surface area contributed by atoms with E-state index in [1.54, 1.807) is 0 Å². The summed E-state index contributed by atoms with van der Waals surface area (Å²) in [6.07, 6.45) is 5.02. The molecule has 6 heteroatoms. The lowest BCUT2D eigenvalue weighted by atomic mass is 9.90. The summed E-state index contributed by atoms with van der Waals surface area (Å²) in [4.78, 5) is 5.76. The van der Waals surface area contributed by atoms with Gasteiger partial charge in [0, 0.05) is 24.4 Å². The van der Waals surface area contributed by atoms with Crippen molar-refractivity contribution in [1.82, 2.24) is 24.5 Å². The zero-order chi connectivity index (χ0) is 15.5. The number of nitrogens with zero attached hydrogens (tertiary/aromatic N) is 4. The molecule has 0 radical (unpaired) electrons. The minimum Gasteiger partial charge on any atom is -0.333 e. The molecule has 21 heavy (non-hydrogen) atoms. The Labute approximate surface area is 131 Å². The summed E-state index contributed by atoms with van der Waals surface area (Å²) in [7, 11) is 0. The van der Waals surface area contributed by atoms with E-state index in [0.717, 1.165) is 31.0 Å². The summed E-state index contributed by atoms with van der Waals surface area (Å²) in [5.41, 5.74) is 1.04. The predicted molar refractivity (Wildman–Crippen MR) is 86.6 cm³/mol. The Morgan fingerprint density at radius 1 is 1.33 bits per heavy atom. The molecule has 2 aromatic heterocycles. The second-order valence-corrected chi connectivity index (χ2v) is 6.99. The summed E-state index contributed by atoms with van der Waals surface area (Å²) in [5, 5.41) is 7.91. The van der Waals surface area contributed by atoms with Crippen LogP contribution in [0.5, 0.6) is 0 Å². The Morgan fingerprint density at radius 3 is 2.71 bits per heavy atom. The van der Waals surface area contributed by atoms with Crippen LogP contribution in [0.25, 0.3) is 0 Å². The second-order valence-electron chi connectivity index (χ2n) is 6.21. The number of aromatic nitrogens is 4. The van der Waals surface area contributed by atoms with Crippen LogP contribution in [0.1, 0.15) is 63.5 Å². The van der Waals surface area contributed by atoms with Gasteiger partial charge < -0.3 is 9.88 Å². The second kappa shape index (κ2) is 6.66. The van der Waals surface area contributed by atoms with E-state index in [-0.39, 0.29) is 11.5 Å². The van der Waals surface area contributed by atoms with E-state index in [9.17, 15) is 0 Å². The Morgan fingerprint density at radius 2 is 2.10 bits per heavy atom. The Hall–Kier alpha value is -1.27. The Balaban J connectivity index is 2.44. The molecule has 1 atom stereocenters. The van der Waals surface area contributed by atoms with Crippen LogP contribution in [-0.4, -0.2) is 25.7 Å². The number of imidazole rings is 1. The first-order chi connectivity index (χ1) is 9.99. The first kappa shape index (κ1) is 16.1. The first-order valence-corrected chi connectivity index (χ1v) is 8.33. The fourth-order valence-corrected chi connectivity index (χ4v) is 3.36. The van der Waals surface area contributed by atoms with Gasteiger partial charge in [-0.05, 0) is 24.5 Å². The fourth-order valence-electron chi connectivity index (χ4n) is 2.42. The zero-order valence-corrected chi connectivity index (χ0v) is 14.4. The predicted octanol–water partition coefficient (Wildman–Crippen LogP) is 3.14. The van der Waals surface area contributed by atoms with Crippen molar-refractivity contribution in [3.63, 3.8) is 0 Å².